The van der Waals surface area contributed by atoms with Gasteiger partial charge in [-0.1, -0.05) is 48.5 Å². The number of ether oxygens (including phenoxy) is 1. The Morgan fingerprint density at radius 1 is 0.912 bits per heavy atom. The Kier molecular flexibility index (Phi) is 6.46. The van der Waals surface area contributed by atoms with E-state index in [4.69, 9.17) is 4.74 Å². The van der Waals surface area contributed by atoms with Gasteiger partial charge in [-0.05, 0) is 70.7 Å². The van der Waals surface area contributed by atoms with E-state index >= 15 is 0 Å². The number of aliphatic carboxylic acids is 1. The molecule has 0 saturated carbocycles. The Morgan fingerprint density at radius 2 is 1.47 bits per heavy atom. The molecule has 34 heavy (non-hydrogen) atoms. The van der Waals surface area contributed by atoms with Gasteiger partial charge in [0.25, 0.3) is 0 Å². The van der Waals surface area contributed by atoms with E-state index in [0.29, 0.717) is 27.9 Å². The summed E-state index contributed by atoms with van der Waals surface area (Å²) in [4.78, 5) is 24.2. The van der Waals surface area contributed by atoms with Crippen molar-refractivity contribution in [2.75, 3.05) is 11.9 Å². The molecule has 1 aliphatic carbocycles. The number of fused-ring (bicyclic) bond motifs is 3. The summed E-state index contributed by atoms with van der Waals surface area (Å²) in [6, 6.07) is 16.1. The lowest BCUT2D eigenvalue weighted by molar-refractivity contribution is -0.136. The second kappa shape index (κ2) is 9.33. The highest BCUT2D eigenvalue weighted by atomic mass is 16.5. The zero-order valence-electron chi connectivity index (χ0n) is 19.3. The molecule has 4 N–H and O–H groups in total. The topological polar surface area (TPSA) is 116 Å². The van der Waals surface area contributed by atoms with Crippen molar-refractivity contribution in [1.82, 2.24) is 0 Å². The number of carbonyl (C=O) groups is 2. The number of hydrogen-bond acceptors (Lipinski definition) is 5. The first-order valence-corrected chi connectivity index (χ1v) is 11.0. The number of carboxylic acid groups (broad SMARTS) is 1. The molecule has 0 spiro atoms. The standard InChI is InChI=1S/C26H26BNO6/c1-14-21(12-23(29)30)15(2)25(16(3)24(14)27(32)33)28-26(31)34-13-22-19-10-6-4-8-17(19)18-9-5-7-11-20(18)22/h4-11,22,32-33H,12-13H2,1-3H3,(H,28,31)(H,29,30). The number of carboxylic acids is 1. The summed E-state index contributed by atoms with van der Waals surface area (Å²) in [6.07, 6.45) is -1.01. The van der Waals surface area contributed by atoms with E-state index in [2.05, 4.69) is 17.4 Å². The molecular weight excluding hydrogens is 433 g/mol. The van der Waals surface area contributed by atoms with E-state index in [1.54, 1.807) is 20.8 Å². The van der Waals surface area contributed by atoms with Gasteiger partial charge >= 0.3 is 19.2 Å². The maximum Gasteiger partial charge on any atom is 0.489 e. The van der Waals surface area contributed by atoms with Crippen molar-refractivity contribution in [2.45, 2.75) is 33.1 Å². The van der Waals surface area contributed by atoms with Gasteiger partial charge in [-0.25, -0.2) is 4.79 Å². The van der Waals surface area contributed by atoms with Gasteiger partial charge in [-0.3, -0.25) is 10.1 Å². The normalized spacial score (nSPS) is 12.1. The Bertz CT molecular complexity index is 1240. The predicted octanol–water partition coefficient (Wildman–Crippen LogP) is 3.28. The van der Waals surface area contributed by atoms with Crippen LogP contribution in [0.3, 0.4) is 0 Å². The monoisotopic (exact) mass is 459 g/mol. The second-order valence-electron chi connectivity index (χ2n) is 8.54. The van der Waals surface area contributed by atoms with Crippen LogP contribution in [0.25, 0.3) is 11.1 Å². The van der Waals surface area contributed by atoms with Crippen molar-refractivity contribution in [1.29, 1.82) is 0 Å². The molecule has 0 aliphatic heterocycles. The average molecular weight is 459 g/mol. The molecule has 0 unspecified atom stereocenters. The summed E-state index contributed by atoms with van der Waals surface area (Å²) in [5, 5.41) is 31.8. The van der Waals surface area contributed by atoms with Gasteiger partial charge in [-0.2, -0.15) is 0 Å². The highest BCUT2D eigenvalue weighted by Gasteiger charge is 2.30. The average Bonchev–Trinajstić information content (AvgIpc) is 3.11. The third kappa shape index (κ3) is 4.18. The zero-order chi connectivity index (χ0) is 24.6. The first-order valence-electron chi connectivity index (χ1n) is 11.0. The predicted molar refractivity (Wildman–Crippen MR) is 131 cm³/mol. The van der Waals surface area contributed by atoms with Crippen LogP contribution in [0.2, 0.25) is 0 Å². The Morgan fingerprint density at radius 3 is 2.00 bits per heavy atom. The van der Waals surface area contributed by atoms with Gasteiger partial charge in [0.2, 0.25) is 0 Å². The van der Waals surface area contributed by atoms with Crippen LogP contribution in [0.4, 0.5) is 10.5 Å². The van der Waals surface area contributed by atoms with Gasteiger partial charge < -0.3 is 19.9 Å². The van der Waals surface area contributed by atoms with Crippen LogP contribution in [-0.4, -0.2) is 40.9 Å². The number of anilines is 1. The molecule has 0 saturated heterocycles. The smallest absolute Gasteiger partial charge is 0.481 e. The fraction of sp³-hybridized carbons (Fsp3) is 0.231. The van der Waals surface area contributed by atoms with Gasteiger partial charge in [0.15, 0.2) is 0 Å². The molecule has 7 nitrogen and oxygen atoms in total. The van der Waals surface area contributed by atoms with Gasteiger partial charge in [0.1, 0.15) is 6.61 Å². The van der Waals surface area contributed by atoms with Crippen molar-refractivity contribution in [2.24, 2.45) is 0 Å². The van der Waals surface area contributed by atoms with Crippen LogP contribution in [-0.2, 0) is 16.0 Å². The first-order chi connectivity index (χ1) is 16.2. The lowest BCUT2D eigenvalue weighted by Gasteiger charge is -2.22. The van der Waals surface area contributed by atoms with Gasteiger partial charge in [-0.15, -0.1) is 0 Å². The lowest BCUT2D eigenvalue weighted by Crippen LogP contribution is -2.37. The summed E-state index contributed by atoms with van der Waals surface area (Å²) >= 11 is 0. The van der Waals surface area contributed by atoms with Crippen LogP contribution in [0, 0.1) is 20.8 Å². The Labute approximate surface area is 198 Å². The van der Waals surface area contributed by atoms with Crippen molar-refractivity contribution < 1.29 is 29.5 Å². The van der Waals surface area contributed by atoms with Crippen LogP contribution in [0.1, 0.15) is 39.3 Å². The summed E-state index contributed by atoms with van der Waals surface area (Å²) in [6.45, 7) is 5.12. The summed E-state index contributed by atoms with van der Waals surface area (Å²) < 4.78 is 5.61. The van der Waals surface area contributed by atoms with E-state index in [-0.39, 0.29) is 24.4 Å². The molecule has 4 rings (SSSR count). The lowest BCUT2D eigenvalue weighted by atomic mass is 9.71. The molecule has 3 aromatic rings. The third-order valence-corrected chi connectivity index (χ3v) is 6.62. The SMILES string of the molecule is Cc1c(CC(=O)O)c(C)c(B(O)O)c(C)c1NC(=O)OCC1c2ccccc2-c2ccccc21. The zero-order valence-corrected chi connectivity index (χ0v) is 19.3. The Hall–Kier alpha value is -3.62. The number of amides is 1. The molecule has 1 amide bonds. The molecular formula is C26H26BNO6. The molecule has 0 aromatic heterocycles. The summed E-state index contributed by atoms with van der Waals surface area (Å²) in [7, 11) is -1.81. The number of nitrogens with one attached hydrogen (secondary N) is 1. The highest BCUT2D eigenvalue weighted by molar-refractivity contribution is 6.60. The molecule has 0 bridgehead atoms. The highest BCUT2D eigenvalue weighted by Crippen LogP contribution is 2.44. The molecule has 0 atom stereocenters. The molecule has 3 aromatic carbocycles. The maximum atomic E-state index is 12.8. The molecule has 1 aliphatic rings. The van der Waals surface area contributed by atoms with E-state index in [1.165, 1.54) is 0 Å². The molecule has 174 valence electrons. The minimum atomic E-state index is -1.81. The van der Waals surface area contributed by atoms with Crippen LogP contribution >= 0.6 is 0 Å². The molecule has 0 radical (unpaired) electrons. The fourth-order valence-electron chi connectivity index (χ4n) is 5.02. The van der Waals surface area contributed by atoms with Gasteiger partial charge in [0.05, 0.1) is 6.42 Å². The van der Waals surface area contributed by atoms with Crippen molar-refractivity contribution in [3.05, 3.63) is 81.9 Å². The van der Waals surface area contributed by atoms with Crippen molar-refractivity contribution in [3.63, 3.8) is 0 Å². The van der Waals surface area contributed by atoms with Crippen LogP contribution in [0.5, 0.6) is 0 Å². The van der Waals surface area contributed by atoms with E-state index in [1.807, 2.05) is 36.4 Å². The first kappa shape index (κ1) is 23.5. The van der Waals surface area contributed by atoms with E-state index < -0.39 is 19.2 Å². The number of rotatable bonds is 6. The fourth-order valence-corrected chi connectivity index (χ4v) is 5.02. The Balaban J connectivity index is 1.60. The largest absolute Gasteiger partial charge is 0.489 e. The quantitative estimate of drug-likeness (QED) is 0.421. The molecule has 0 heterocycles. The van der Waals surface area contributed by atoms with Crippen LogP contribution in [0.15, 0.2) is 48.5 Å². The number of carbonyl (C=O) groups excluding carboxylic acids is 1. The van der Waals surface area contributed by atoms with Gasteiger partial charge in [0, 0.05) is 11.6 Å². The molecule has 0 fully saturated rings. The van der Waals surface area contributed by atoms with Crippen molar-refractivity contribution >= 4 is 30.3 Å². The number of benzene rings is 3. The molecule has 8 heteroatoms. The summed E-state index contributed by atoms with van der Waals surface area (Å²) in [5.74, 6) is -1.16. The van der Waals surface area contributed by atoms with E-state index in [0.717, 1.165) is 22.3 Å². The third-order valence-electron chi connectivity index (χ3n) is 6.62. The number of hydrogen-bond donors (Lipinski definition) is 4. The van der Waals surface area contributed by atoms with Crippen molar-refractivity contribution in [3.8, 4) is 11.1 Å². The van der Waals surface area contributed by atoms with Crippen LogP contribution < -0.4 is 10.8 Å². The maximum absolute atomic E-state index is 12.8. The minimum Gasteiger partial charge on any atom is -0.481 e. The summed E-state index contributed by atoms with van der Waals surface area (Å²) in [5.41, 5.74) is 6.83. The second-order valence-corrected chi connectivity index (χ2v) is 8.54. The van der Waals surface area contributed by atoms with E-state index in [9.17, 15) is 24.7 Å². The minimum absolute atomic E-state index is 0.101.